The fourth-order valence-electron chi connectivity index (χ4n) is 1.56. The number of ether oxygens (including phenoxy) is 2. The maximum atomic E-state index is 11.9. The second-order valence-electron chi connectivity index (χ2n) is 4.72. The Morgan fingerprint density at radius 1 is 1.24 bits per heavy atom. The van der Waals surface area contributed by atoms with Crippen molar-refractivity contribution in [1.82, 2.24) is 10.2 Å². The van der Waals surface area contributed by atoms with E-state index in [1.54, 1.807) is 33.2 Å². The Bertz CT molecular complexity index is 216. The van der Waals surface area contributed by atoms with Gasteiger partial charge in [0.05, 0.1) is 6.04 Å². The normalized spacial score (nSPS) is 13.2. The predicted octanol–water partition coefficient (Wildman–Crippen LogP) is 0.698. The van der Waals surface area contributed by atoms with Crippen LogP contribution in [0.4, 0.5) is 0 Å². The van der Waals surface area contributed by atoms with Gasteiger partial charge in [-0.3, -0.25) is 4.79 Å². The van der Waals surface area contributed by atoms with Crippen molar-refractivity contribution in [2.45, 2.75) is 32.6 Å². The topological polar surface area (TPSA) is 50.8 Å². The number of hydrogen-bond acceptors (Lipinski definition) is 4. The molecule has 0 aromatic rings. The summed E-state index contributed by atoms with van der Waals surface area (Å²) in [6.45, 7) is 4.70. The molecule has 1 amide bonds. The van der Waals surface area contributed by atoms with E-state index in [0.29, 0.717) is 12.5 Å². The predicted molar refractivity (Wildman–Crippen MR) is 67.7 cm³/mol. The molecule has 0 spiro atoms. The Balaban J connectivity index is 4.33. The quantitative estimate of drug-likeness (QED) is 0.641. The first kappa shape index (κ1) is 16.4. The highest BCUT2D eigenvalue weighted by Crippen LogP contribution is 2.07. The largest absolute Gasteiger partial charge is 0.355 e. The van der Waals surface area contributed by atoms with Gasteiger partial charge in [-0.2, -0.15) is 0 Å². The maximum absolute atomic E-state index is 11.9. The van der Waals surface area contributed by atoms with Crippen LogP contribution in [0.1, 0.15) is 20.3 Å². The van der Waals surface area contributed by atoms with Crippen molar-refractivity contribution in [3.05, 3.63) is 0 Å². The molecule has 0 rings (SSSR count). The van der Waals surface area contributed by atoms with Crippen LogP contribution >= 0.6 is 0 Å². The molecule has 0 heterocycles. The number of likely N-dealkylation sites (N-methyl/N-ethyl adjacent to an activating group) is 1. The molecule has 0 saturated carbocycles. The van der Waals surface area contributed by atoms with Crippen molar-refractivity contribution in [3.8, 4) is 0 Å². The summed E-state index contributed by atoms with van der Waals surface area (Å²) in [6.07, 6.45) is 0.483. The second kappa shape index (κ2) is 8.44. The summed E-state index contributed by atoms with van der Waals surface area (Å²) >= 11 is 0. The fourth-order valence-corrected chi connectivity index (χ4v) is 1.56. The van der Waals surface area contributed by atoms with Crippen LogP contribution in [0.15, 0.2) is 0 Å². The zero-order chi connectivity index (χ0) is 13.4. The number of nitrogens with one attached hydrogen (secondary N) is 1. The second-order valence-corrected chi connectivity index (χ2v) is 4.72. The molecule has 102 valence electrons. The van der Waals surface area contributed by atoms with Crippen LogP contribution < -0.4 is 5.32 Å². The highest BCUT2D eigenvalue weighted by molar-refractivity contribution is 5.81. The van der Waals surface area contributed by atoms with E-state index in [1.807, 2.05) is 0 Å². The van der Waals surface area contributed by atoms with Gasteiger partial charge in [-0.05, 0) is 12.3 Å². The lowest BCUT2D eigenvalue weighted by atomic mass is 10.0. The van der Waals surface area contributed by atoms with Gasteiger partial charge in [-0.25, -0.2) is 0 Å². The summed E-state index contributed by atoms with van der Waals surface area (Å²) in [5, 5.41) is 3.19. The Morgan fingerprint density at radius 3 is 2.12 bits per heavy atom. The van der Waals surface area contributed by atoms with E-state index >= 15 is 0 Å². The van der Waals surface area contributed by atoms with Crippen LogP contribution in [0.3, 0.4) is 0 Å². The molecular weight excluding hydrogens is 220 g/mol. The van der Waals surface area contributed by atoms with Crippen LogP contribution in [-0.2, 0) is 14.3 Å². The van der Waals surface area contributed by atoms with Crippen molar-refractivity contribution in [1.29, 1.82) is 0 Å². The molecule has 0 bridgehead atoms. The number of carbonyl (C=O) groups is 1. The molecule has 0 saturated heterocycles. The van der Waals surface area contributed by atoms with Crippen molar-refractivity contribution in [3.63, 3.8) is 0 Å². The van der Waals surface area contributed by atoms with E-state index in [2.05, 4.69) is 19.2 Å². The summed E-state index contributed by atoms with van der Waals surface area (Å²) in [4.78, 5) is 13.6. The van der Waals surface area contributed by atoms with Crippen molar-refractivity contribution >= 4 is 5.91 Å². The summed E-state index contributed by atoms with van der Waals surface area (Å²) in [5.74, 6) is 0.546. The molecule has 0 aliphatic carbocycles. The monoisotopic (exact) mass is 246 g/mol. The van der Waals surface area contributed by atoms with Gasteiger partial charge in [-0.1, -0.05) is 13.8 Å². The minimum Gasteiger partial charge on any atom is -0.355 e. The Morgan fingerprint density at radius 2 is 1.76 bits per heavy atom. The lowest BCUT2D eigenvalue weighted by Gasteiger charge is -2.25. The molecule has 0 aromatic carbocycles. The summed E-state index contributed by atoms with van der Waals surface area (Å²) in [6, 6.07) is -0.183. The lowest BCUT2D eigenvalue weighted by molar-refractivity contribution is -0.133. The van der Waals surface area contributed by atoms with Gasteiger partial charge < -0.3 is 19.7 Å². The summed E-state index contributed by atoms with van der Waals surface area (Å²) in [5.41, 5.74) is 0. The molecule has 1 N–H and O–H groups in total. The third kappa shape index (κ3) is 6.61. The molecule has 0 radical (unpaired) electrons. The first-order valence-corrected chi connectivity index (χ1v) is 5.92. The average molecular weight is 246 g/mol. The van der Waals surface area contributed by atoms with Gasteiger partial charge in [0, 0.05) is 34.9 Å². The Labute approximate surface area is 104 Å². The number of rotatable bonds is 8. The van der Waals surface area contributed by atoms with Crippen LogP contribution in [-0.4, -0.2) is 58.0 Å². The molecular formula is C12H26N2O3. The molecule has 0 aliphatic rings. The van der Waals surface area contributed by atoms with Gasteiger partial charge in [0.1, 0.15) is 0 Å². The third-order valence-electron chi connectivity index (χ3n) is 2.50. The van der Waals surface area contributed by atoms with E-state index in [-0.39, 0.29) is 18.2 Å². The van der Waals surface area contributed by atoms with Crippen molar-refractivity contribution in [2.75, 3.05) is 34.9 Å². The highest BCUT2D eigenvalue weighted by atomic mass is 16.7. The number of nitrogens with zero attached hydrogens (tertiary/aromatic N) is 1. The van der Waals surface area contributed by atoms with E-state index in [9.17, 15) is 4.79 Å². The van der Waals surface area contributed by atoms with Crippen LogP contribution in [0, 0.1) is 5.92 Å². The number of methoxy groups -OCH3 is 2. The minimum absolute atomic E-state index is 0.0876. The SMILES string of the molecule is COC(CNC(CC(C)C)C(=O)N(C)C)OC. The summed E-state index contributed by atoms with van der Waals surface area (Å²) < 4.78 is 10.2. The van der Waals surface area contributed by atoms with Crippen LogP contribution in [0.2, 0.25) is 0 Å². The van der Waals surface area contributed by atoms with Gasteiger partial charge in [0.2, 0.25) is 5.91 Å². The number of amides is 1. The first-order valence-electron chi connectivity index (χ1n) is 5.92. The minimum atomic E-state index is -0.320. The van der Waals surface area contributed by atoms with Gasteiger partial charge in [-0.15, -0.1) is 0 Å². The molecule has 1 unspecified atom stereocenters. The smallest absolute Gasteiger partial charge is 0.239 e. The van der Waals surface area contributed by atoms with E-state index in [1.165, 1.54) is 0 Å². The zero-order valence-electron chi connectivity index (χ0n) is 11.8. The number of carbonyl (C=O) groups excluding carboxylic acids is 1. The molecule has 1 atom stereocenters. The fraction of sp³-hybridized carbons (Fsp3) is 0.917. The first-order chi connectivity index (χ1) is 7.92. The zero-order valence-corrected chi connectivity index (χ0v) is 11.8. The van der Waals surface area contributed by atoms with Crippen molar-refractivity contribution in [2.24, 2.45) is 5.92 Å². The summed E-state index contributed by atoms with van der Waals surface area (Å²) in [7, 11) is 6.70. The average Bonchev–Trinajstić information content (AvgIpc) is 2.27. The third-order valence-corrected chi connectivity index (χ3v) is 2.50. The van der Waals surface area contributed by atoms with Crippen molar-refractivity contribution < 1.29 is 14.3 Å². The molecule has 0 aromatic heterocycles. The van der Waals surface area contributed by atoms with Gasteiger partial charge in [0.15, 0.2) is 6.29 Å². The molecule has 0 aliphatic heterocycles. The van der Waals surface area contributed by atoms with Gasteiger partial charge in [0.25, 0.3) is 0 Å². The highest BCUT2D eigenvalue weighted by Gasteiger charge is 2.21. The van der Waals surface area contributed by atoms with Crippen LogP contribution in [0.5, 0.6) is 0 Å². The number of hydrogen-bond donors (Lipinski definition) is 1. The molecule has 17 heavy (non-hydrogen) atoms. The van der Waals surface area contributed by atoms with E-state index < -0.39 is 0 Å². The Kier molecular flexibility index (Phi) is 8.12. The molecule has 5 heteroatoms. The molecule has 5 nitrogen and oxygen atoms in total. The van der Waals surface area contributed by atoms with E-state index in [4.69, 9.17) is 9.47 Å². The van der Waals surface area contributed by atoms with Crippen LogP contribution in [0.25, 0.3) is 0 Å². The van der Waals surface area contributed by atoms with Gasteiger partial charge >= 0.3 is 0 Å². The maximum Gasteiger partial charge on any atom is 0.239 e. The lowest BCUT2D eigenvalue weighted by Crippen LogP contribution is -2.47. The Hall–Kier alpha value is -0.650. The van der Waals surface area contributed by atoms with E-state index in [0.717, 1.165) is 6.42 Å². The standard InChI is InChI=1S/C12H26N2O3/c1-9(2)7-10(12(15)14(3)4)13-8-11(16-5)17-6/h9-11,13H,7-8H2,1-6H3. The molecule has 0 fully saturated rings.